The van der Waals surface area contributed by atoms with E-state index in [1.807, 2.05) is 0 Å². The molecule has 0 spiro atoms. The predicted molar refractivity (Wildman–Crippen MR) is 88.4 cm³/mol. The van der Waals surface area contributed by atoms with Crippen molar-refractivity contribution < 1.29 is 0 Å². The van der Waals surface area contributed by atoms with Gasteiger partial charge in [0.1, 0.15) is 0 Å². The third-order valence-corrected chi connectivity index (χ3v) is 4.70. The molecule has 1 heterocycles. The highest BCUT2D eigenvalue weighted by molar-refractivity contribution is 5.55. The molecular weight excluding hydrogens is 244 g/mol. The van der Waals surface area contributed by atoms with E-state index in [9.17, 15) is 0 Å². The van der Waals surface area contributed by atoms with E-state index in [0.717, 1.165) is 18.9 Å². The number of piperidine rings is 1. The lowest BCUT2D eigenvalue weighted by atomic mass is 9.93. The van der Waals surface area contributed by atoms with Crippen molar-refractivity contribution in [2.75, 3.05) is 24.5 Å². The molecule has 2 nitrogen and oxygen atoms in total. The molecule has 0 bridgehead atoms. The molecule has 1 aliphatic rings. The molecule has 112 valence electrons. The Balaban J connectivity index is 2.15. The van der Waals surface area contributed by atoms with Crippen LogP contribution in [0.5, 0.6) is 0 Å². The summed E-state index contributed by atoms with van der Waals surface area (Å²) >= 11 is 0. The van der Waals surface area contributed by atoms with Crippen molar-refractivity contribution in [2.24, 2.45) is 5.92 Å². The molecule has 1 saturated heterocycles. The smallest absolute Gasteiger partial charge is 0.0414 e. The molecule has 1 N–H and O–H groups in total. The van der Waals surface area contributed by atoms with Gasteiger partial charge in [-0.2, -0.15) is 0 Å². The van der Waals surface area contributed by atoms with Crippen LogP contribution in [0.3, 0.4) is 0 Å². The third-order valence-electron chi connectivity index (χ3n) is 4.70. The van der Waals surface area contributed by atoms with Crippen molar-refractivity contribution in [3.05, 3.63) is 29.8 Å². The Morgan fingerprint density at radius 1 is 1.15 bits per heavy atom. The fourth-order valence-corrected chi connectivity index (χ4v) is 3.37. The molecule has 1 fully saturated rings. The minimum atomic E-state index is 0.486. The minimum absolute atomic E-state index is 0.486. The zero-order valence-corrected chi connectivity index (χ0v) is 13.4. The van der Waals surface area contributed by atoms with E-state index in [1.165, 1.54) is 43.6 Å². The van der Waals surface area contributed by atoms with Crippen LogP contribution < -0.4 is 10.2 Å². The van der Waals surface area contributed by atoms with Gasteiger partial charge in [0.25, 0.3) is 0 Å². The zero-order chi connectivity index (χ0) is 14.4. The van der Waals surface area contributed by atoms with Gasteiger partial charge in [-0.05, 0) is 43.4 Å². The van der Waals surface area contributed by atoms with E-state index in [1.54, 1.807) is 0 Å². The summed E-state index contributed by atoms with van der Waals surface area (Å²) in [6.07, 6.45) is 5.19. The monoisotopic (exact) mass is 274 g/mol. The maximum absolute atomic E-state index is 3.62. The lowest BCUT2D eigenvalue weighted by Gasteiger charge is -2.35. The predicted octanol–water partition coefficient (Wildman–Crippen LogP) is 4.37. The average Bonchev–Trinajstić information content (AvgIpc) is 2.53. The van der Waals surface area contributed by atoms with Crippen molar-refractivity contribution in [1.29, 1.82) is 0 Å². The van der Waals surface area contributed by atoms with Gasteiger partial charge in [-0.3, -0.25) is 0 Å². The quantitative estimate of drug-likeness (QED) is 0.828. The van der Waals surface area contributed by atoms with Crippen LogP contribution in [0.4, 0.5) is 5.69 Å². The van der Waals surface area contributed by atoms with Gasteiger partial charge in [-0.1, -0.05) is 45.4 Å². The van der Waals surface area contributed by atoms with Gasteiger partial charge in [0.15, 0.2) is 0 Å². The standard InChI is InChI=1S/C18H30N2/c1-4-15-11-13-20(14-12-15)18-10-8-7-9-16(18)17(5-2)19-6-3/h7-10,15,17,19H,4-6,11-14H2,1-3H3. The normalized spacial score (nSPS) is 18.2. The number of hydrogen-bond acceptors (Lipinski definition) is 2. The molecule has 20 heavy (non-hydrogen) atoms. The van der Waals surface area contributed by atoms with Crippen LogP contribution in [0.1, 0.15) is 58.1 Å². The summed E-state index contributed by atoms with van der Waals surface area (Å²) in [4.78, 5) is 2.60. The number of rotatable bonds is 6. The van der Waals surface area contributed by atoms with E-state index in [-0.39, 0.29) is 0 Å². The Morgan fingerprint density at radius 3 is 2.45 bits per heavy atom. The molecular formula is C18H30N2. The summed E-state index contributed by atoms with van der Waals surface area (Å²) in [5.74, 6) is 0.939. The number of nitrogens with zero attached hydrogens (tertiary/aromatic N) is 1. The first-order chi connectivity index (χ1) is 9.80. The van der Waals surface area contributed by atoms with Gasteiger partial charge < -0.3 is 10.2 Å². The molecule has 1 aliphatic heterocycles. The minimum Gasteiger partial charge on any atom is -0.371 e. The molecule has 2 rings (SSSR count). The number of benzene rings is 1. The first kappa shape index (κ1) is 15.4. The summed E-state index contributed by atoms with van der Waals surface area (Å²) < 4.78 is 0. The second kappa shape index (κ2) is 7.68. The molecule has 2 heteroatoms. The third kappa shape index (κ3) is 3.54. The van der Waals surface area contributed by atoms with Crippen LogP contribution >= 0.6 is 0 Å². The van der Waals surface area contributed by atoms with Crippen LogP contribution in [0.15, 0.2) is 24.3 Å². The molecule has 0 radical (unpaired) electrons. The largest absolute Gasteiger partial charge is 0.371 e. The maximum atomic E-state index is 3.62. The highest BCUT2D eigenvalue weighted by Crippen LogP contribution is 2.31. The molecule has 1 atom stereocenters. The Kier molecular flexibility index (Phi) is 5.90. The Morgan fingerprint density at radius 2 is 1.85 bits per heavy atom. The highest BCUT2D eigenvalue weighted by Gasteiger charge is 2.21. The molecule has 0 amide bonds. The SMILES string of the molecule is CCNC(CC)c1ccccc1N1CCC(CC)CC1. The maximum Gasteiger partial charge on any atom is 0.0414 e. The number of hydrogen-bond donors (Lipinski definition) is 1. The van der Waals surface area contributed by atoms with Crippen LogP contribution in [-0.2, 0) is 0 Å². The number of anilines is 1. The molecule has 0 aliphatic carbocycles. The van der Waals surface area contributed by atoms with Gasteiger partial charge in [0.2, 0.25) is 0 Å². The highest BCUT2D eigenvalue weighted by atomic mass is 15.1. The molecule has 0 saturated carbocycles. The molecule has 0 aromatic heterocycles. The van der Waals surface area contributed by atoms with Crippen molar-refractivity contribution in [3.63, 3.8) is 0 Å². The number of nitrogens with one attached hydrogen (secondary N) is 1. The second-order valence-electron chi connectivity index (χ2n) is 5.92. The van der Waals surface area contributed by atoms with Crippen molar-refractivity contribution in [3.8, 4) is 0 Å². The van der Waals surface area contributed by atoms with Crippen molar-refractivity contribution >= 4 is 5.69 Å². The second-order valence-corrected chi connectivity index (χ2v) is 5.92. The lowest BCUT2D eigenvalue weighted by Crippen LogP contribution is -2.35. The molecule has 1 aromatic rings. The van der Waals surface area contributed by atoms with Crippen LogP contribution in [-0.4, -0.2) is 19.6 Å². The Labute approximate surface area is 124 Å². The van der Waals surface area contributed by atoms with Crippen molar-refractivity contribution in [2.45, 2.75) is 52.5 Å². The van der Waals surface area contributed by atoms with Crippen molar-refractivity contribution in [1.82, 2.24) is 5.32 Å². The van der Waals surface area contributed by atoms with E-state index in [2.05, 4.69) is 55.3 Å². The topological polar surface area (TPSA) is 15.3 Å². The summed E-state index contributed by atoms with van der Waals surface area (Å²) in [7, 11) is 0. The van der Waals surface area contributed by atoms with Gasteiger partial charge in [0, 0.05) is 24.8 Å². The summed E-state index contributed by atoms with van der Waals surface area (Å²) in [5, 5.41) is 3.62. The molecule has 1 unspecified atom stereocenters. The van der Waals surface area contributed by atoms with Gasteiger partial charge in [0.05, 0.1) is 0 Å². The fourth-order valence-electron chi connectivity index (χ4n) is 3.37. The summed E-state index contributed by atoms with van der Waals surface area (Å²) in [5.41, 5.74) is 2.93. The van der Waals surface area contributed by atoms with Gasteiger partial charge in [-0.25, -0.2) is 0 Å². The average molecular weight is 274 g/mol. The Hall–Kier alpha value is -1.02. The van der Waals surface area contributed by atoms with Crippen LogP contribution in [0.25, 0.3) is 0 Å². The van der Waals surface area contributed by atoms with Gasteiger partial charge in [-0.15, -0.1) is 0 Å². The van der Waals surface area contributed by atoms with Gasteiger partial charge >= 0.3 is 0 Å². The molecule has 1 aromatic carbocycles. The lowest BCUT2D eigenvalue weighted by molar-refractivity contribution is 0.394. The Bertz CT molecular complexity index is 394. The van der Waals surface area contributed by atoms with E-state index < -0.39 is 0 Å². The zero-order valence-electron chi connectivity index (χ0n) is 13.4. The number of para-hydroxylation sites is 1. The van der Waals surface area contributed by atoms with E-state index in [0.29, 0.717) is 6.04 Å². The summed E-state index contributed by atoms with van der Waals surface area (Å²) in [6.45, 7) is 10.3. The first-order valence-corrected chi connectivity index (χ1v) is 8.37. The van der Waals surface area contributed by atoms with E-state index >= 15 is 0 Å². The van der Waals surface area contributed by atoms with E-state index in [4.69, 9.17) is 0 Å². The summed E-state index contributed by atoms with van der Waals surface area (Å²) in [6, 6.07) is 9.46. The van der Waals surface area contributed by atoms with Crippen LogP contribution in [0, 0.1) is 5.92 Å². The fraction of sp³-hybridized carbons (Fsp3) is 0.667. The first-order valence-electron chi connectivity index (χ1n) is 8.37. The van der Waals surface area contributed by atoms with Crippen LogP contribution in [0.2, 0.25) is 0 Å².